The number of epoxide rings is 1. The number of fused-ring (bicyclic) bond motifs is 1. The van der Waals surface area contributed by atoms with E-state index in [0.29, 0.717) is 10.0 Å². The molecule has 2 atom stereocenters. The van der Waals surface area contributed by atoms with Crippen molar-refractivity contribution < 1.29 is 9.84 Å². The van der Waals surface area contributed by atoms with Gasteiger partial charge in [0, 0.05) is 15.9 Å². The fourth-order valence-electron chi connectivity index (χ4n) is 1.67. The smallest absolute Gasteiger partial charge is 0.188 e. The first-order chi connectivity index (χ1) is 7.15. The van der Waals surface area contributed by atoms with E-state index < -0.39 is 6.29 Å². The number of aliphatic hydroxyl groups is 1. The Balaban J connectivity index is 2.17. The van der Waals surface area contributed by atoms with Crippen LogP contribution in [0.15, 0.2) is 18.2 Å². The number of ether oxygens (including phenoxy) is 1. The molecule has 0 radical (unpaired) electrons. The molecule has 2 N–H and O–H groups in total. The number of H-pyrrole nitrogens is 1. The van der Waals surface area contributed by atoms with Crippen LogP contribution in [0.2, 0.25) is 10.0 Å². The molecule has 2 heterocycles. The summed E-state index contributed by atoms with van der Waals surface area (Å²) in [6, 6.07) is 5.35. The van der Waals surface area contributed by atoms with Gasteiger partial charge < -0.3 is 14.8 Å². The van der Waals surface area contributed by atoms with Gasteiger partial charge in [0.05, 0.1) is 10.7 Å². The lowest BCUT2D eigenvalue weighted by atomic mass is 10.2. The Morgan fingerprint density at radius 1 is 1.27 bits per heavy atom. The van der Waals surface area contributed by atoms with Gasteiger partial charge in [0.25, 0.3) is 0 Å². The van der Waals surface area contributed by atoms with Gasteiger partial charge in [0.15, 0.2) is 12.4 Å². The predicted molar refractivity (Wildman–Crippen MR) is 58.2 cm³/mol. The summed E-state index contributed by atoms with van der Waals surface area (Å²) in [5, 5.41) is 11.2. The molecule has 1 aliphatic rings. The van der Waals surface area contributed by atoms with E-state index in [-0.39, 0.29) is 6.10 Å². The molecule has 2 unspecified atom stereocenters. The van der Waals surface area contributed by atoms with Crippen LogP contribution >= 0.6 is 23.2 Å². The van der Waals surface area contributed by atoms with Crippen LogP contribution < -0.4 is 0 Å². The van der Waals surface area contributed by atoms with Crippen LogP contribution in [0.25, 0.3) is 10.9 Å². The van der Waals surface area contributed by atoms with Crippen molar-refractivity contribution in [2.24, 2.45) is 0 Å². The van der Waals surface area contributed by atoms with Crippen molar-refractivity contribution >= 4 is 34.1 Å². The normalized spacial score (nSPS) is 24.7. The number of benzene rings is 1. The summed E-state index contributed by atoms with van der Waals surface area (Å²) in [5.74, 6) is 0. The van der Waals surface area contributed by atoms with Crippen LogP contribution in [0.1, 0.15) is 11.8 Å². The molecular formula is C10H7Cl2NO2. The summed E-state index contributed by atoms with van der Waals surface area (Å²) in [4.78, 5) is 3.12. The van der Waals surface area contributed by atoms with Gasteiger partial charge in [0.1, 0.15) is 0 Å². The van der Waals surface area contributed by atoms with Crippen molar-refractivity contribution in [3.63, 3.8) is 0 Å². The summed E-state index contributed by atoms with van der Waals surface area (Å²) < 4.78 is 4.95. The lowest BCUT2D eigenvalue weighted by Gasteiger charge is -1.94. The fraction of sp³-hybridized carbons (Fsp3) is 0.200. The molecule has 3 nitrogen and oxygen atoms in total. The number of aliphatic hydroxyl groups excluding tert-OH is 1. The van der Waals surface area contributed by atoms with E-state index in [4.69, 9.17) is 33.0 Å². The van der Waals surface area contributed by atoms with Crippen LogP contribution in [0.3, 0.4) is 0 Å². The minimum absolute atomic E-state index is 0.257. The van der Waals surface area contributed by atoms with Crippen LogP contribution in [0.4, 0.5) is 0 Å². The SMILES string of the molecule is OC1OC1c1cc2c(Cl)cc(Cl)cc2[nH]1. The summed E-state index contributed by atoms with van der Waals surface area (Å²) in [7, 11) is 0. The molecule has 1 aromatic carbocycles. The van der Waals surface area contributed by atoms with E-state index in [9.17, 15) is 0 Å². The summed E-state index contributed by atoms with van der Waals surface area (Å²) in [6.45, 7) is 0. The van der Waals surface area contributed by atoms with Gasteiger partial charge in [-0.25, -0.2) is 0 Å². The molecule has 0 aliphatic carbocycles. The molecule has 1 saturated heterocycles. The highest BCUT2D eigenvalue weighted by atomic mass is 35.5. The average molecular weight is 244 g/mol. The summed E-state index contributed by atoms with van der Waals surface area (Å²) >= 11 is 11.9. The molecule has 0 saturated carbocycles. The Morgan fingerprint density at radius 2 is 2.00 bits per heavy atom. The van der Waals surface area contributed by atoms with Crippen LogP contribution in [-0.2, 0) is 4.74 Å². The lowest BCUT2D eigenvalue weighted by molar-refractivity contribution is 0.156. The molecule has 0 spiro atoms. The first-order valence-corrected chi connectivity index (χ1v) is 5.22. The topological polar surface area (TPSA) is 48.5 Å². The maximum atomic E-state index is 9.13. The molecule has 1 aromatic heterocycles. The van der Waals surface area contributed by atoms with E-state index in [0.717, 1.165) is 16.6 Å². The standard InChI is InChI=1S/C10H7Cl2NO2/c11-4-1-6(12)5-3-8(9-10(14)15-9)13-7(5)2-4/h1-3,9-10,13-14H. The fourth-order valence-corrected chi connectivity index (χ4v) is 2.21. The number of rotatable bonds is 1. The molecule has 3 rings (SSSR count). The van der Waals surface area contributed by atoms with Crippen molar-refractivity contribution in [3.05, 3.63) is 33.9 Å². The first-order valence-electron chi connectivity index (χ1n) is 4.46. The van der Waals surface area contributed by atoms with Gasteiger partial charge in [-0.2, -0.15) is 0 Å². The Morgan fingerprint density at radius 3 is 2.67 bits per heavy atom. The van der Waals surface area contributed by atoms with Crippen LogP contribution in [0, 0.1) is 0 Å². The number of halogens is 2. The van der Waals surface area contributed by atoms with E-state index in [1.807, 2.05) is 6.07 Å². The third-order valence-electron chi connectivity index (χ3n) is 2.45. The monoisotopic (exact) mass is 243 g/mol. The molecule has 78 valence electrons. The van der Waals surface area contributed by atoms with Gasteiger partial charge >= 0.3 is 0 Å². The molecule has 1 aliphatic heterocycles. The minimum atomic E-state index is -0.702. The predicted octanol–water partition coefficient (Wildman–Crippen LogP) is 2.86. The third kappa shape index (κ3) is 1.52. The van der Waals surface area contributed by atoms with Gasteiger partial charge in [-0.3, -0.25) is 0 Å². The number of aromatic nitrogens is 1. The maximum absolute atomic E-state index is 9.13. The molecule has 5 heteroatoms. The Labute approximate surface area is 95.6 Å². The van der Waals surface area contributed by atoms with Crippen molar-refractivity contribution in [1.29, 1.82) is 0 Å². The highest BCUT2D eigenvalue weighted by molar-refractivity contribution is 6.38. The van der Waals surface area contributed by atoms with Crippen molar-refractivity contribution in [2.45, 2.75) is 12.4 Å². The van der Waals surface area contributed by atoms with Gasteiger partial charge in [0.2, 0.25) is 0 Å². The van der Waals surface area contributed by atoms with Crippen molar-refractivity contribution in [3.8, 4) is 0 Å². The van der Waals surface area contributed by atoms with Crippen LogP contribution in [0.5, 0.6) is 0 Å². The summed E-state index contributed by atoms with van der Waals surface area (Å²) in [5.41, 5.74) is 1.67. The van der Waals surface area contributed by atoms with E-state index in [1.165, 1.54) is 0 Å². The van der Waals surface area contributed by atoms with Gasteiger partial charge in [-0.1, -0.05) is 23.2 Å². The zero-order valence-corrected chi connectivity index (χ0v) is 9.01. The number of hydrogen-bond acceptors (Lipinski definition) is 2. The van der Waals surface area contributed by atoms with E-state index >= 15 is 0 Å². The highest BCUT2D eigenvalue weighted by Gasteiger charge is 2.39. The van der Waals surface area contributed by atoms with Crippen LogP contribution in [-0.4, -0.2) is 16.4 Å². The largest absolute Gasteiger partial charge is 0.365 e. The molecule has 15 heavy (non-hydrogen) atoms. The maximum Gasteiger partial charge on any atom is 0.188 e. The number of aromatic amines is 1. The Kier molecular flexibility index (Phi) is 1.97. The summed E-state index contributed by atoms with van der Waals surface area (Å²) in [6.07, 6.45) is -0.959. The molecule has 0 amide bonds. The lowest BCUT2D eigenvalue weighted by Crippen LogP contribution is -1.84. The van der Waals surface area contributed by atoms with E-state index in [2.05, 4.69) is 4.98 Å². The zero-order chi connectivity index (χ0) is 10.6. The van der Waals surface area contributed by atoms with Gasteiger partial charge in [-0.05, 0) is 18.2 Å². The van der Waals surface area contributed by atoms with Crippen molar-refractivity contribution in [2.75, 3.05) is 0 Å². The first kappa shape index (κ1) is 9.48. The molecule has 0 bridgehead atoms. The second kappa shape index (κ2) is 3.12. The van der Waals surface area contributed by atoms with E-state index in [1.54, 1.807) is 12.1 Å². The Hall–Kier alpha value is -0.740. The third-order valence-corrected chi connectivity index (χ3v) is 2.98. The van der Waals surface area contributed by atoms with Crippen molar-refractivity contribution in [1.82, 2.24) is 4.98 Å². The van der Waals surface area contributed by atoms with Gasteiger partial charge in [-0.15, -0.1) is 0 Å². The minimum Gasteiger partial charge on any atom is -0.365 e. The molecule has 2 aromatic rings. The number of nitrogens with one attached hydrogen (secondary N) is 1. The quantitative estimate of drug-likeness (QED) is 0.757. The molecular weight excluding hydrogens is 237 g/mol. The number of hydrogen-bond donors (Lipinski definition) is 2. The zero-order valence-electron chi connectivity index (χ0n) is 7.50. The Bertz CT molecular complexity index is 537. The molecule has 1 fully saturated rings. The second-order valence-corrected chi connectivity index (χ2v) is 4.36. The second-order valence-electron chi connectivity index (χ2n) is 3.52. The highest BCUT2D eigenvalue weighted by Crippen LogP contribution is 2.39. The average Bonchev–Trinajstić information content (AvgIpc) is 2.74.